The smallest absolute Gasteiger partial charge is 0.410 e. The highest BCUT2D eigenvalue weighted by molar-refractivity contribution is 5.69. The van der Waals surface area contributed by atoms with Crippen LogP contribution in [0.3, 0.4) is 0 Å². The molecule has 0 bridgehead atoms. The SMILES string of the molecule is CC(C)(C)OC(=O)N1CCCCC1c1cccc(N)c1.CC(C)(C)OC(=O)N1CCCCC1c1cccc([N+](=O)[O-])c1. The van der Waals surface area contributed by atoms with Gasteiger partial charge in [0, 0.05) is 30.9 Å². The maximum Gasteiger partial charge on any atom is 0.410 e. The van der Waals surface area contributed by atoms with E-state index in [1.165, 1.54) is 6.07 Å². The van der Waals surface area contributed by atoms with E-state index < -0.39 is 16.1 Å². The van der Waals surface area contributed by atoms with Gasteiger partial charge in [-0.25, -0.2) is 9.59 Å². The number of nitrogens with two attached hydrogens (primary N) is 1. The van der Waals surface area contributed by atoms with E-state index >= 15 is 0 Å². The Morgan fingerprint density at radius 1 is 0.786 bits per heavy atom. The number of rotatable bonds is 3. The van der Waals surface area contributed by atoms with Crippen LogP contribution in [-0.4, -0.2) is 51.2 Å². The number of hydrogen-bond acceptors (Lipinski definition) is 7. The number of nitro groups is 1. The van der Waals surface area contributed by atoms with Gasteiger partial charge in [0.15, 0.2) is 0 Å². The van der Waals surface area contributed by atoms with Crippen LogP contribution in [0.4, 0.5) is 21.0 Å². The molecule has 2 saturated heterocycles. The lowest BCUT2D eigenvalue weighted by atomic mass is 9.95. The van der Waals surface area contributed by atoms with Crippen LogP contribution in [0.5, 0.6) is 0 Å². The van der Waals surface area contributed by atoms with Crippen molar-refractivity contribution in [3.05, 3.63) is 69.8 Å². The van der Waals surface area contributed by atoms with Gasteiger partial charge >= 0.3 is 12.2 Å². The standard InChI is InChI=1S/C16H22N2O4.C16H24N2O2/c1-16(2,3)22-15(19)17-10-5-4-9-14(17)12-7-6-8-13(11-12)18(20)21;1-16(2,3)20-15(19)18-10-5-4-9-14(18)12-7-6-8-13(17)11-12/h6-8,11,14H,4-5,9-10H2,1-3H3;6-8,11,14H,4-5,9-10,17H2,1-3H3. The van der Waals surface area contributed by atoms with Crippen molar-refractivity contribution in [2.45, 2.75) is 103 Å². The summed E-state index contributed by atoms with van der Waals surface area (Å²) in [4.78, 5) is 38.8. The third kappa shape index (κ3) is 9.63. The maximum atomic E-state index is 12.4. The van der Waals surface area contributed by atoms with E-state index in [0.717, 1.165) is 61.9 Å². The second kappa shape index (κ2) is 13.9. The lowest BCUT2D eigenvalue weighted by Gasteiger charge is -2.37. The van der Waals surface area contributed by atoms with E-state index in [0.29, 0.717) is 6.54 Å². The molecule has 0 aromatic heterocycles. The first-order chi connectivity index (χ1) is 19.6. The minimum atomic E-state index is -0.554. The van der Waals surface area contributed by atoms with E-state index in [1.54, 1.807) is 17.0 Å². The highest BCUT2D eigenvalue weighted by Gasteiger charge is 2.33. The summed E-state index contributed by atoms with van der Waals surface area (Å²) in [5.74, 6) is 0. The fraction of sp³-hybridized carbons (Fsp3) is 0.562. The molecule has 230 valence electrons. The number of amides is 2. The van der Waals surface area contributed by atoms with Crippen LogP contribution < -0.4 is 5.73 Å². The highest BCUT2D eigenvalue weighted by atomic mass is 16.6. The van der Waals surface area contributed by atoms with Crippen molar-refractivity contribution >= 4 is 23.6 Å². The van der Waals surface area contributed by atoms with Gasteiger partial charge in [-0.15, -0.1) is 0 Å². The van der Waals surface area contributed by atoms with Gasteiger partial charge in [0.2, 0.25) is 0 Å². The quantitative estimate of drug-likeness (QED) is 0.222. The summed E-state index contributed by atoms with van der Waals surface area (Å²) in [7, 11) is 0. The first-order valence-electron chi connectivity index (χ1n) is 14.7. The Labute approximate surface area is 249 Å². The molecule has 2 atom stereocenters. The Hall–Kier alpha value is -3.82. The molecule has 2 N–H and O–H groups in total. The number of ether oxygens (including phenoxy) is 2. The van der Waals surface area contributed by atoms with E-state index in [-0.39, 0.29) is 30.0 Å². The molecule has 42 heavy (non-hydrogen) atoms. The lowest BCUT2D eigenvalue weighted by Crippen LogP contribution is -2.41. The predicted octanol–water partition coefficient (Wildman–Crippen LogP) is 7.79. The Kier molecular flexibility index (Phi) is 10.8. The molecule has 10 heteroatoms. The molecule has 2 aliphatic heterocycles. The van der Waals surface area contributed by atoms with Gasteiger partial charge in [-0.3, -0.25) is 10.1 Å². The normalized spacial score (nSPS) is 19.3. The number of carbonyl (C=O) groups is 2. The van der Waals surface area contributed by atoms with Gasteiger partial charge in [0.1, 0.15) is 11.2 Å². The van der Waals surface area contributed by atoms with E-state index in [9.17, 15) is 19.7 Å². The number of likely N-dealkylation sites (tertiary alicyclic amines) is 2. The molecular weight excluding hydrogens is 536 g/mol. The molecule has 2 aliphatic rings. The number of benzene rings is 2. The average Bonchev–Trinajstić information content (AvgIpc) is 2.91. The van der Waals surface area contributed by atoms with Gasteiger partial charge < -0.3 is 25.0 Å². The summed E-state index contributed by atoms with van der Waals surface area (Å²) in [6, 6.07) is 14.2. The molecule has 2 unspecified atom stereocenters. The van der Waals surface area contributed by atoms with Crippen LogP contribution in [-0.2, 0) is 9.47 Å². The number of nitro benzene ring substituents is 1. The fourth-order valence-corrected chi connectivity index (χ4v) is 5.25. The lowest BCUT2D eigenvalue weighted by molar-refractivity contribution is -0.385. The average molecular weight is 583 g/mol. The zero-order valence-corrected chi connectivity index (χ0v) is 25.8. The zero-order chi connectivity index (χ0) is 31.1. The van der Waals surface area contributed by atoms with Gasteiger partial charge in [0.05, 0.1) is 17.0 Å². The molecule has 0 radical (unpaired) electrons. The zero-order valence-electron chi connectivity index (χ0n) is 25.8. The number of non-ortho nitro benzene ring substituents is 1. The van der Waals surface area contributed by atoms with Crippen molar-refractivity contribution in [1.82, 2.24) is 9.80 Å². The number of nitrogen functional groups attached to an aromatic ring is 1. The van der Waals surface area contributed by atoms with E-state index in [4.69, 9.17) is 15.2 Å². The molecule has 4 rings (SSSR count). The number of hydrogen-bond donors (Lipinski definition) is 1. The van der Waals surface area contributed by atoms with Crippen LogP contribution >= 0.6 is 0 Å². The first kappa shape index (κ1) is 32.7. The van der Waals surface area contributed by atoms with Crippen molar-refractivity contribution in [3.8, 4) is 0 Å². The summed E-state index contributed by atoms with van der Waals surface area (Å²) >= 11 is 0. The molecule has 0 aliphatic carbocycles. The minimum absolute atomic E-state index is 0.0483. The third-order valence-electron chi connectivity index (χ3n) is 7.02. The van der Waals surface area contributed by atoms with Gasteiger partial charge in [-0.05, 0) is 103 Å². The topological polar surface area (TPSA) is 128 Å². The van der Waals surface area contributed by atoms with Crippen molar-refractivity contribution in [2.24, 2.45) is 0 Å². The number of piperidine rings is 2. The second-order valence-electron chi connectivity index (χ2n) is 12.9. The summed E-state index contributed by atoms with van der Waals surface area (Å²) in [6.45, 7) is 12.5. The largest absolute Gasteiger partial charge is 0.444 e. The molecular formula is C32H46N4O6. The van der Waals surface area contributed by atoms with Crippen molar-refractivity contribution in [3.63, 3.8) is 0 Å². The highest BCUT2D eigenvalue weighted by Crippen LogP contribution is 2.34. The van der Waals surface area contributed by atoms with Crippen LogP contribution in [0.2, 0.25) is 0 Å². The molecule has 0 saturated carbocycles. The van der Waals surface area contributed by atoms with Crippen molar-refractivity contribution in [2.75, 3.05) is 18.8 Å². The monoisotopic (exact) mass is 582 g/mol. The fourth-order valence-electron chi connectivity index (χ4n) is 5.25. The number of carbonyl (C=O) groups excluding carboxylic acids is 2. The summed E-state index contributed by atoms with van der Waals surface area (Å²) in [5.41, 5.74) is 7.50. The number of anilines is 1. The molecule has 2 fully saturated rings. The first-order valence-corrected chi connectivity index (χ1v) is 14.7. The molecule has 10 nitrogen and oxygen atoms in total. The summed E-state index contributed by atoms with van der Waals surface area (Å²) < 4.78 is 11.0. The number of nitrogens with zero attached hydrogens (tertiary/aromatic N) is 3. The summed E-state index contributed by atoms with van der Waals surface area (Å²) in [6.07, 6.45) is 5.23. The Morgan fingerprint density at radius 2 is 1.24 bits per heavy atom. The van der Waals surface area contributed by atoms with Crippen molar-refractivity contribution < 1.29 is 24.0 Å². The van der Waals surface area contributed by atoms with Gasteiger partial charge in [-0.2, -0.15) is 0 Å². The van der Waals surface area contributed by atoms with E-state index in [2.05, 4.69) is 0 Å². The Bertz CT molecular complexity index is 1240. The van der Waals surface area contributed by atoms with E-state index in [1.807, 2.05) is 76.8 Å². The molecule has 2 aromatic carbocycles. The minimum Gasteiger partial charge on any atom is -0.444 e. The molecule has 0 spiro atoms. The molecule has 2 aromatic rings. The third-order valence-corrected chi connectivity index (χ3v) is 7.02. The Morgan fingerprint density at radius 3 is 1.67 bits per heavy atom. The van der Waals surface area contributed by atoms with Crippen LogP contribution in [0, 0.1) is 10.1 Å². The van der Waals surface area contributed by atoms with Gasteiger partial charge in [0.25, 0.3) is 5.69 Å². The second-order valence-corrected chi connectivity index (χ2v) is 12.9. The van der Waals surface area contributed by atoms with Crippen molar-refractivity contribution in [1.29, 1.82) is 0 Å². The van der Waals surface area contributed by atoms with Crippen LogP contribution in [0.1, 0.15) is 103 Å². The predicted molar refractivity (Wildman–Crippen MR) is 163 cm³/mol. The van der Waals surface area contributed by atoms with Crippen LogP contribution in [0.25, 0.3) is 0 Å². The molecule has 2 heterocycles. The van der Waals surface area contributed by atoms with Gasteiger partial charge in [-0.1, -0.05) is 24.3 Å². The summed E-state index contributed by atoms with van der Waals surface area (Å²) in [5, 5.41) is 10.9. The van der Waals surface area contributed by atoms with Crippen LogP contribution in [0.15, 0.2) is 48.5 Å². The molecule has 2 amide bonds. The maximum absolute atomic E-state index is 12.4. The Balaban J connectivity index is 0.000000231.